The Morgan fingerprint density at radius 3 is 0.512 bits per heavy atom. The lowest BCUT2D eigenvalue weighted by atomic mass is 9.86. The molecule has 0 bridgehead atoms. The molecule has 0 N–H and O–H groups in total. The number of hydrogen-bond acceptors (Lipinski definition) is 4. The third-order valence-electron chi connectivity index (χ3n) is 16.1. The summed E-state index contributed by atoms with van der Waals surface area (Å²) >= 11 is 0. The van der Waals surface area contributed by atoms with Crippen molar-refractivity contribution in [2.24, 2.45) is 0 Å². The molecule has 0 aromatic heterocycles. The lowest BCUT2D eigenvalue weighted by molar-refractivity contribution is 1.27. The fourth-order valence-electron chi connectivity index (χ4n) is 11.8. The molecule has 4 nitrogen and oxygen atoms in total. The van der Waals surface area contributed by atoms with Crippen molar-refractivity contribution in [1.82, 2.24) is 0 Å². The summed E-state index contributed by atoms with van der Waals surface area (Å²) in [5.41, 5.74) is 22.9. The molecule has 0 aliphatic rings. The lowest BCUT2D eigenvalue weighted by Gasteiger charge is -2.33. The van der Waals surface area contributed by atoms with E-state index in [-0.39, 0.29) is 0 Å². The Kier molecular flexibility index (Phi) is 12.7. The highest BCUT2D eigenvalue weighted by Gasteiger charge is 2.29. The average Bonchev–Trinajstić information content (AvgIpc) is 3.66. The smallest absolute Gasteiger partial charge is 0.0546 e. The van der Waals surface area contributed by atoms with Crippen LogP contribution in [-0.4, -0.2) is 0 Å². The molecule has 0 spiro atoms. The Balaban J connectivity index is 1.24. The summed E-state index contributed by atoms with van der Waals surface area (Å²) in [5.74, 6) is 0. The first kappa shape index (κ1) is 49.9. The van der Waals surface area contributed by atoms with Crippen molar-refractivity contribution in [3.05, 3.63) is 287 Å². The molecular weight excluding hydrogens is 969 g/mol. The highest BCUT2D eigenvalue weighted by molar-refractivity contribution is 6.40. The van der Waals surface area contributed by atoms with Gasteiger partial charge in [-0.3, -0.25) is 0 Å². The van der Waals surface area contributed by atoms with Crippen LogP contribution in [0, 0.1) is 55.4 Å². The van der Waals surface area contributed by atoms with Crippen molar-refractivity contribution < 1.29 is 0 Å². The first-order valence-corrected chi connectivity index (χ1v) is 27.9. The summed E-state index contributed by atoms with van der Waals surface area (Å²) in [6, 6.07) is 91.1. The van der Waals surface area contributed by atoms with Crippen LogP contribution in [-0.2, 0) is 0 Å². The van der Waals surface area contributed by atoms with Crippen LogP contribution in [0.25, 0.3) is 43.1 Å². The predicted molar refractivity (Wildman–Crippen MR) is 344 cm³/mol. The molecule has 13 rings (SSSR count). The Bertz CT molecular complexity index is 3900. The number of hydrogen-bond donors (Lipinski definition) is 0. The van der Waals surface area contributed by atoms with Crippen LogP contribution in [0.4, 0.5) is 68.2 Å². The first-order valence-electron chi connectivity index (χ1n) is 27.9. The second kappa shape index (κ2) is 20.3. The number of aryl methyl sites for hydroxylation is 8. The number of anilines is 12. The Morgan fingerprint density at radius 1 is 0.150 bits per heavy atom. The average molecular weight is 1030 g/mol. The largest absolute Gasteiger partial charge is 0.310 e. The Hall–Kier alpha value is -9.64. The molecular formula is C76H64N4. The van der Waals surface area contributed by atoms with Gasteiger partial charge in [-0.25, -0.2) is 0 Å². The second-order valence-electron chi connectivity index (χ2n) is 22.1. The van der Waals surface area contributed by atoms with Crippen LogP contribution in [0.1, 0.15) is 44.5 Å². The van der Waals surface area contributed by atoms with Gasteiger partial charge in [0.15, 0.2) is 0 Å². The lowest BCUT2D eigenvalue weighted by Crippen LogP contribution is -2.14. The molecule has 0 heterocycles. The van der Waals surface area contributed by atoms with E-state index in [1.165, 1.54) is 76.8 Å². The zero-order valence-electron chi connectivity index (χ0n) is 46.9. The van der Waals surface area contributed by atoms with Gasteiger partial charge in [0.1, 0.15) is 0 Å². The van der Waals surface area contributed by atoms with E-state index < -0.39 is 0 Å². The SMILES string of the molecule is Cc1ccc(N(c2ccc(C)cc2)c2ccc3c4c(N(c5ccc(C)cc5)c5ccc(C)cc5)ccc5c(N(c6ccc(C)cc6)c6ccc(C)cc6)ccc(c6c(N(c7ccc(C)cc7)c7ccc(C)cc7)ccc2c36)c54)cc1. The molecule has 0 aliphatic heterocycles. The van der Waals surface area contributed by atoms with Crippen LogP contribution in [0.5, 0.6) is 0 Å². The van der Waals surface area contributed by atoms with E-state index in [9.17, 15) is 0 Å². The van der Waals surface area contributed by atoms with Crippen molar-refractivity contribution in [2.45, 2.75) is 55.4 Å². The molecule has 13 aromatic rings. The molecule has 13 aromatic carbocycles. The van der Waals surface area contributed by atoms with E-state index in [1.807, 2.05) is 0 Å². The number of nitrogens with zero attached hydrogens (tertiary/aromatic N) is 4. The van der Waals surface area contributed by atoms with Crippen LogP contribution >= 0.6 is 0 Å². The molecule has 388 valence electrons. The van der Waals surface area contributed by atoms with Gasteiger partial charge >= 0.3 is 0 Å². The van der Waals surface area contributed by atoms with E-state index in [4.69, 9.17) is 0 Å². The van der Waals surface area contributed by atoms with E-state index in [0.717, 1.165) is 79.0 Å². The van der Waals surface area contributed by atoms with Crippen molar-refractivity contribution in [2.75, 3.05) is 19.6 Å². The maximum atomic E-state index is 2.48. The quantitative estimate of drug-likeness (QED) is 0.0893. The summed E-state index contributed by atoms with van der Waals surface area (Å²) in [6.45, 7) is 17.3. The molecule has 0 saturated carbocycles. The summed E-state index contributed by atoms with van der Waals surface area (Å²) in [5, 5.41) is 9.43. The van der Waals surface area contributed by atoms with Crippen LogP contribution in [0.2, 0.25) is 0 Å². The molecule has 0 amide bonds. The molecule has 0 unspecified atom stereocenters. The maximum Gasteiger partial charge on any atom is 0.0546 e. The third-order valence-corrected chi connectivity index (χ3v) is 16.1. The molecule has 0 atom stereocenters. The second-order valence-corrected chi connectivity index (χ2v) is 22.1. The minimum absolute atomic E-state index is 1.09. The normalized spacial score (nSPS) is 11.5. The predicted octanol–water partition coefficient (Wildman–Crippen LogP) is 22.1. The van der Waals surface area contributed by atoms with Gasteiger partial charge in [0, 0.05) is 77.8 Å². The molecule has 0 fully saturated rings. The maximum absolute atomic E-state index is 2.48. The van der Waals surface area contributed by atoms with Gasteiger partial charge in [-0.2, -0.15) is 0 Å². The van der Waals surface area contributed by atoms with Gasteiger partial charge in [0.05, 0.1) is 22.7 Å². The van der Waals surface area contributed by atoms with Gasteiger partial charge < -0.3 is 19.6 Å². The summed E-state index contributed by atoms with van der Waals surface area (Å²) in [7, 11) is 0. The van der Waals surface area contributed by atoms with Crippen LogP contribution in [0.15, 0.2) is 243 Å². The van der Waals surface area contributed by atoms with Crippen LogP contribution < -0.4 is 19.6 Å². The number of rotatable bonds is 12. The monoisotopic (exact) mass is 1030 g/mol. The minimum atomic E-state index is 1.09. The molecule has 0 saturated heterocycles. The summed E-state index contributed by atoms with van der Waals surface area (Å²) in [4.78, 5) is 9.86. The zero-order chi connectivity index (χ0) is 54.8. The van der Waals surface area contributed by atoms with Crippen LogP contribution in [0.3, 0.4) is 0 Å². The highest BCUT2D eigenvalue weighted by Crippen LogP contribution is 2.55. The van der Waals surface area contributed by atoms with Gasteiger partial charge in [-0.1, -0.05) is 166 Å². The van der Waals surface area contributed by atoms with Gasteiger partial charge in [0.2, 0.25) is 0 Å². The summed E-state index contributed by atoms with van der Waals surface area (Å²) in [6.07, 6.45) is 0. The van der Waals surface area contributed by atoms with E-state index in [2.05, 4.69) is 318 Å². The van der Waals surface area contributed by atoms with E-state index >= 15 is 0 Å². The first-order chi connectivity index (χ1) is 38.9. The molecule has 0 radical (unpaired) electrons. The number of benzene rings is 13. The topological polar surface area (TPSA) is 13.0 Å². The molecule has 0 aliphatic carbocycles. The van der Waals surface area contributed by atoms with Crippen molar-refractivity contribution in [1.29, 1.82) is 0 Å². The zero-order valence-corrected chi connectivity index (χ0v) is 46.9. The highest BCUT2D eigenvalue weighted by atomic mass is 15.2. The standard InChI is InChI=1S/C76H64N4/c1-49-9-25-57(26-10-49)77(58-27-11-50(2)12-28-58)69-45-43-67-73-65(69)41-47-71(79(61-33-17-53(5)18-34-61)62-35-19-54(6)20-36-62)75(73)68-44-46-70(78(59-29-13-51(3)14-30-59)60-31-15-52(4)16-32-60)66-42-48-72(76(67)74(66)68)80(63-37-21-55(7)22-38-63)64-39-23-56(8)24-40-64/h9-48H,1-8H3. The van der Waals surface area contributed by atoms with Gasteiger partial charge in [-0.15, -0.1) is 0 Å². The van der Waals surface area contributed by atoms with Gasteiger partial charge in [-0.05, 0) is 187 Å². The number of fused-ring (bicyclic) bond motifs is 2. The summed E-state index contributed by atoms with van der Waals surface area (Å²) < 4.78 is 0. The molecule has 4 heteroatoms. The fourth-order valence-corrected chi connectivity index (χ4v) is 11.8. The minimum Gasteiger partial charge on any atom is -0.310 e. The van der Waals surface area contributed by atoms with Gasteiger partial charge in [0.25, 0.3) is 0 Å². The third kappa shape index (κ3) is 8.93. The van der Waals surface area contributed by atoms with E-state index in [1.54, 1.807) is 0 Å². The Morgan fingerprint density at radius 2 is 0.312 bits per heavy atom. The van der Waals surface area contributed by atoms with E-state index in [0.29, 0.717) is 0 Å². The fraction of sp³-hybridized carbons (Fsp3) is 0.105. The van der Waals surface area contributed by atoms with Crippen molar-refractivity contribution >= 4 is 111 Å². The Labute approximate surface area is 471 Å². The van der Waals surface area contributed by atoms with Crippen molar-refractivity contribution in [3.8, 4) is 0 Å². The van der Waals surface area contributed by atoms with Crippen molar-refractivity contribution in [3.63, 3.8) is 0 Å². The molecule has 80 heavy (non-hydrogen) atoms.